The molecule has 7 heteroatoms. The first-order valence-corrected chi connectivity index (χ1v) is 6.99. The van der Waals surface area contributed by atoms with Gasteiger partial charge in [-0.25, -0.2) is 4.98 Å². The van der Waals surface area contributed by atoms with Crippen LogP contribution in [0.2, 0.25) is 0 Å². The highest BCUT2D eigenvalue weighted by molar-refractivity contribution is 5.36. The summed E-state index contributed by atoms with van der Waals surface area (Å²) in [6.45, 7) is 2.17. The van der Waals surface area contributed by atoms with E-state index in [0.29, 0.717) is 23.9 Å². The van der Waals surface area contributed by atoms with Crippen molar-refractivity contribution in [2.45, 2.75) is 38.6 Å². The lowest BCUT2D eigenvalue weighted by atomic mass is 10.0. The maximum Gasteiger partial charge on any atom is 0.241 e. The van der Waals surface area contributed by atoms with Crippen LogP contribution in [0.4, 0.5) is 11.9 Å². The van der Waals surface area contributed by atoms with E-state index in [-0.39, 0.29) is 5.95 Å². The molecule has 1 atom stereocenters. The van der Waals surface area contributed by atoms with E-state index >= 15 is 0 Å². The fraction of sp³-hybridized carbons (Fsp3) is 0.538. The molecule has 0 spiro atoms. The second kappa shape index (κ2) is 5.44. The zero-order chi connectivity index (χ0) is 13.9. The molecular weight excluding hydrogens is 254 g/mol. The van der Waals surface area contributed by atoms with E-state index in [4.69, 9.17) is 5.73 Å². The average Bonchev–Trinajstić information content (AvgIpc) is 3.12. The zero-order valence-electron chi connectivity index (χ0n) is 11.5. The molecule has 106 valence electrons. The smallest absolute Gasteiger partial charge is 0.241 e. The lowest BCUT2D eigenvalue weighted by Crippen LogP contribution is -2.25. The van der Waals surface area contributed by atoms with Crippen molar-refractivity contribution >= 4 is 11.9 Å². The third-order valence-electron chi connectivity index (χ3n) is 3.84. The number of nitrogens with zero attached hydrogens (tertiary/aromatic N) is 5. The minimum absolute atomic E-state index is 0.213. The van der Waals surface area contributed by atoms with E-state index in [1.165, 1.54) is 25.7 Å². The van der Waals surface area contributed by atoms with Crippen LogP contribution in [0.15, 0.2) is 18.7 Å². The fourth-order valence-electron chi connectivity index (χ4n) is 2.72. The van der Waals surface area contributed by atoms with Crippen LogP contribution in [0.25, 0.3) is 5.95 Å². The van der Waals surface area contributed by atoms with E-state index in [1.807, 2.05) is 0 Å². The lowest BCUT2D eigenvalue weighted by molar-refractivity contribution is 0.479. The van der Waals surface area contributed by atoms with E-state index in [0.717, 1.165) is 0 Å². The summed E-state index contributed by atoms with van der Waals surface area (Å²) in [5.41, 5.74) is 5.76. The van der Waals surface area contributed by atoms with Crippen LogP contribution in [0.1, 0.15) is 32.6 Å². The fourth-order valence-corrected chi connectivity index (χ4v) is 2.72. The van der Waals surface area contributed by atoms with Crippen molar-refractivity contribution in [1.29, 1.82) is 0 Å². The molecule has 0 amide bonds. The molecule has 3 N–H and O–H groups in total. The van der Waals surface area contributed by atoms with Gasteiger partial charge in [0.05, 0.1) is 0 Å². The molecule has 0 aliphatic heterocycles. The number of nitrogens with one attached hydrogen (secondary N) is 1. The van der Waals surface area contributed by atoms with Crippen molar-refractivity contribution in [3.8, 4) is 5.95 Å². The molecule has 2 heterocycles. The van der Waals surface area contributed by atoms with Gasteiger partial charge < -0.3 is 11.1 Å². The molecule has 0 radical (unpaired) electrons. The first-order valence-electron chi connectivity index (χ1n) is 6.99. The van der Waals surface area contributed by atoms with Gasteiger partial charge in [-0.1, -0.05) is 12.8 Å². The first-order chi connectivity index (χ1) is 9.72. The van der Waals surface area contributed by atoms with Crippen molar-refractivity contribution in [1.82, 2.24) is 24.5 Å². The Balaban J connectivity index is 1.79. The summed E-state index contributed by atoms with van der Waals surface area (Å²) in [4.78, 5) is 16.7. The van der Waals surface area contributed by atoms with Gasteiger partial charge in [0.1, 0.15) is 6.33 Å². The second-order valence-electron chi connectivity index (χ2n) is 5.26. The summed E-state index contributed by atoms with van der Waals surface area (Å²) in [5, 5.41) is 3.35. The highest BCUT2D eigenvalue weighted by atomic mass is 15.3. The number of imidazole rings is 1. The van der Waals surface area contributed by atoms with Gasteiger partial charge >= 0.3 is 0 Å². The van der Waals surface area contributed by atoms with Crippen molar-refractivity contribution in [3.63, 3.8) is 0 Å². The SMILES string of the molecule is CC(Nc1nc(N)nc(-n2ccnc2)n1)C1CCCC1. The number of nitrogens with two attached hydrogens (primary N) is 1. The minimum atomic E-state index is 0.213. The summed E-state index contributed by atoms with van der Waals surface area (Å²) < 4.78 is 1.71. The highest BCUT2D eigenvalue weighted by Gasteiger charge is 2.22. The standard InChI is InChI=1S/C13H19N7/c1-9(10-4-2-3-5-10)16-12-17-11(14)18-13(19-12)20-7-6-15-8-20/h6-10H,2-5H2,1H3,(H3,14,16,17,18,19). The molecule has 1 aliphatic rings. The molecule has 3 rings (SSSR count). The van der Waals surface area contributed by atoms with Crippen molar-refractivity contribution < 1.29 is 0 Å². The van der Waals surface area contributed by atoms with Gasteiger partial charge in [-0.3, -0.25) is 4.57 Å². The van der Waals surface area contributed by atoms with E-state index < -0.39 is 0 Å². The Bertz CT molecular complexity index is 560. The van der Waals surface area contributed by atoms with Gasteiger partial charge in [-0.2, -0.15) is 15.0 Å². The van der Waals surface area contributed by atoms with Crippen molar-refractivity contribution in [2.75, 3.05) is 11.1 Å². The quantitative estimate of drug-likeness (QED) is 0.879. The Morgan fingerprint density at radius 3 is 2.80 bits per heavy atom. The number of rotatable bonds is 4. The maximum absolute atomic E-state index is 5.76. The Labute approximate surface area is 117 Å². The summed E-state index contributed by atoms with van der Waals surface area (Å²) in [7, 11) is 0. The number of anilines is 2. The normalized spacial score (nSPS) is 17.2. The maximum atomic E-state index is 5.76. The molecular formula is C13H19N7. The molecule has 1 aliphatic carbocycles. The van der Waals surface area contributed by atoms with Crippen LogP contribution in [-0.2, 0) is 0 Å². The van der Waals surface area contributed by atoms with E-state index in [2.05, 4.69) is 32.2 Å². The topological polar surface area (TPSA) is 94.5 Å². The Kier molecular flexibility index (Phi) is 3.49. The van der Waals surface area contributed by atoms with Gasteiger partial charge in [0.2, 0.25) is 17.8 Å². The number of nitrogen functional groups attached to an aromatic ring is 1. The zero-order valence-corrected chi connectivity index (χ0v) is 11.5. The van der Waals surface area contributed by atoms with Gasteiger partial charge in [0.15, 0.2) is 0 Å². The van der Waals surface area contributed by atoms with Crippen LogP contribution < -0.4 is 11.1 Å². The predicted octanol–water partition coefficient (Wildman–Crippen LogP) is 1.63. The molecule has 1 unspecified atom stereocenters. The molecule has 20 heavy (non-hydrogen) atoms. The Morgan fingerprint density at radius 1 is 1.30 bits per heavy atom. The number of hydrogen-bond donors (Lipinski definition) is 2. The van der Waals surface area contributed by atoms with Crippen LogP contribution in [0.3, 0.4) is 0 Å². The summed E-state index contributed by atoms with van der Waals surface area (Å²) in [6.07, 6.45) is 10.3. The molecule has 0 bridgehead atoms. The van der Waals surface area contributed by atoms with Gasteiger partial charge in [-0.05, 0) is 25.7 Å². The largest absolute Gasteiger partial charge is 0.368 e. The number of aromatic nitrogens is 5. The van der Waals surface area contributed by atoms with Gasteiger partial charge in [0, 0.05) is 18.4 Å². The third-order valence-corrected chi connectivity index (χ3v) is 3.84. The summed E-state index contributed by atoms with van der Waals surface area (Å²) >= 11 is 0. The average molecular weight is 273 g/mol. The second-order valence-corrected chi connectivity index (χ2v) is 5.26. The predicted molar refractivity (Wildman–Crippen MR) is 76.4 cm³/mol. The molecule has 7 nitrogen and oxygen atoms in total. The monoisotopic (exact) mass is 273 g/mol. The molecule has 0 saturated heterocycles. The molecule has 1 fully saturated rings. The molecule has 1 saturated carbocycles. The highest BCUT2D eigenvalue weighted by Crippen LogP contribution is 2.28. The first kappa shape index (κ1) is 12.8. The van der Waals surface area contributed by atoms with Crippen molar-refractivity contribution in [3.05, 3.63) is 18.7 Å². The van der Waals surface area contributed by atoms with Crippen LogP contribution in [0.5, 0.6) is 0 Å². The molecule has 0 aromatic carbocycles. The molecule has 2 aromatic rings. The minimum Gasteiger partial charge on any atom is -0.368 e. The lowest BCUT2D eigenvalue weighted by Gasteiger charge is -2.20. The molecule has 2 aromatic heterocycles. The van der Waals surface area contributed by atoms with E-state index in [9.17, 15) is 0 Å². The summed E-state index contributed by atoms with van der Waals surface area (Å²) in [5.74, 6) is 1.91. The Morgan fingerprint density at radius 2 is 2.10 bits per heavy atom. The third kappa shape index (κ3) is 2.71. The van der Waals surface area contributed by atoms with Crippen LogP contribution in [-0.4, -0.2) is 30.5 Å². The Hall–Kier alpha value is -2.18. The van der Waals surface area contributed by atoms with Crippen molar-refractivity contribution in [2.24, 2.45) is 5.92 Å². The van der Waals surface area contributed by atoms with E-state index in [1.54, 1.807) is 23.3 Å². The van der Waals surface area contributed by atoms with Gasteiger partial charge in [0.25, 0.3) is 0 Å². The number of hydrogen-bond acceptors (Lipinski definition) is 6. The van der Waals surface area contributed by atoms with Crippen LogP contribution in [0, 0.1) is 5.92 Å². The summed E-state index contributed by atoms with van der Waals surface area (Å²) in [6, 6.07) is 0.343. The van der Waals surface area contributed by atoms with Gasteiger partial charge in [-0.15, -0.1) is 0 Å². The van der Waals surface area contributed by atoms with Crippen LogP contribution >= 0.6 is 0 Å².